The summed E-state index contributed by atoms with van der Waals surface area (Å²) in [7, 11) is 0. The van der Waals surface area contributed by atoms with Gasteiger partial charge < -0.3 is 9.80 Å². The van der Waals surface area contributed by atoms with E-state index in [1.165, 1.54) is 22.6 Å². The number of hydrogen-bond donors (Lipinski definition) is 1. The summed E-state index contributed by atoms with van der Waals surface area (Å²) in [5, 5.41) is 2.32. The van der Waals surface area contributed by atoms with Gasteiger partial charge in [-0.25, -0.2) is 4.39 Å². The summed E-state index contributed by atoms with van der Waals surface area (Å²) in [6, 6.07) is 12.6. The van der Waals surface area contributed by atoms with Crippen LogP contribution in [0.15, 0.2) is 42.5 Å². The lowest BCUT2D eigenvalue weighted by atomic mass is 9.81. The van der Waals surface area contributed by atoms with Gasteiger partial charge in [-0.3, -0.25) is 24.6 Å². The Balaban J connectivity index is 1.25. The van der Waals surface area contributed by atoms with Crippen molar-refractivity contribution in [3.05, 3.63) is 65.0 Å². The van der Waals surface area contributed by atoms with Crippen molar-refractivity contribution in [1.82, 2.24) is 15.1 Å². The van der Waals surface area contributed by atoms with Crippen molar-refractivity contribution in [2.45, 2.75) is 51.1 Å². The van der Waals surface area contributed by atoms with Crippen LogP contribution in [-0.4, -0.2) is 66.3 Å². The number of hydrogen-bond acceptors (Lipinski definition) is 5. The van der Waals surface area contributed by atoms with Gasteiger partial charge in [0.25, 0.3) is 5.91 Å². The van der Waals surface area contributed by atoms with Crippen LogP contribution >= 0.6 is 0 Å². The first kappa shape index (κ1) is 24.4. The highest BCUT2D eigenvalue weighted by atomic mass is 19.1. The Kier molecular flexibility index (Phi) is 6.55. The predicted octanol–water partition coefficient (Wildman–Crippen LogP) is 3.08. The van der Waals surface area contributed by atoms with Crippen LogP contribution < -0.4 is 10.2 Å². The topological polar surface area (TPSA) is 73.0 Å². The zero-order chi connectivity index (χ0) is 25.4. The Hall–Kier alpha value is -3.26. The number of fused-ring (bicyclic) bond motifs is 1. The smallest absolute Gasteiger partial charge is 0.255 e. The summed E-state index contributed by atoms with van der Waals surface area (Å²) >= 11 is 0. The summed E-state index contributed by atoms with van der Waals surface area (Å²) in [6.45, 7) is 9.00. The summed E-state index contributed by atoms with van der Waals surface area (Å²) in [6.07, 6.45) is 1.53. The van der Waals surface area contributed by atoms with Crippen LogP contribution in [0.4, 0.5) is 10.1 Å². The SMILES string of the molecule is CC(C)(CCN1CCN(c2cc(F)cc3c2CN(C2CCC(=O)NC2=O)C3=O)CC1)c1ccccc1. The molecule has 0 bridgehead atoms. The molecular weight excluding hydrogens is 459 g/mol. The molecule has 1 atom stereocenters. The number of piperidine rings is 1. The summed E-state index contributed by atoms with van der Waals surface area (Å²) < 4.78 is 14.6. The van der Waals surface area contributed by atoms with Gasteiger partial charge in [0.2, 0.25) is 11.8 Å². The number of carbonyl (C=O) groups excluding carboxylic acids is 3. The number of carbonyl (C=O) groups is 3. The van der Waals surface area contributed by atoms with Crippen LogP contribution in [0.25, 0.3) is 0 Å². The van der Waals surface area contributed by atoms with Gasteiger partial charge in [0, 0.05) is 56.0 Å². The number of rotatable bonds is 6. The zero-order valence-corrected chi connectivity index (χ0v) is 20.9. The van der Waals surface area contributed by atoms with E-state index in [1.807, 2.05) is 6.07 Å². The van der Waals surface area contributed by atoms with Crippen molar-refractivity contribution in [1.29, 1.82) is 0 Å². The number of imide groups is 1. The molecule has 1 N–H and O–H groups in total. The van der Waals surface area contributed by atoms with Gasteiger partial charge in [-0.05, 0) is 42.5 Å². The molecule has 7 nitrogen and oxygen atoms in total. The van der Waals surface area contributed by atoms with Crippen LogP contribution in [0.5, 0.6) is 0 Å². The highest BCUT2D eigenvalue weighted by molar-refractivity contribution is 6.06. The second kappa shape index (κ2) is 9.65. The molecule has 5 rings (SSSR count). The minimum Gasteiger partial charge on any atom is -0.369 e. The molecule has 1 unspecified atom stereocenters. The fourth-order valence-electron chi connectivity index (χ4n) is 5.57. The first-order valence-electron chi connectivity index (χ1n) is 12.7. The molecule has 2 aromatic rings. The average Bonchev–Trinajstić information content (AvgIpc) is 3.19. The second-order valence-corrected chi connectivity index (χ2v) is 10.7. The first-order valence-corrected chi connectivity index (χ1v) is 12.7. The second-order valence-electron chi connectivity index (χ2n) is 10.7. The molecule has 2 aromatic carbocycles. The van der Waals surface area contributed by atoms with Gasteiger partial charge in [-0.2, -0.15) is 0 Å². The predicted molar refractivity (Wildman–Crippen MR) is 135 cm³/mol. The third-order valence-corrected chi connectivity index (χ3v) is 7.92. The summed E-state index contributed by atoms with van der Waals surface area (Å²) in [4.78, 5) is 43.1. The number of nitrogens with one attached hydrogen (secondary N) is 1. The molecular formula is C28H33FN4O3. The van der Waals surface area contributed by atoms with E-state index in [2.05, 4.69) is 53.2 Å². The van der Waals surface area contributed by atoms with E-state index < -0.39 is 17.8 Å². The molecule has 0 aromatic heterocycles. The molecule has 8 heteroatoms. The number of benzene rings is 2. The van der Waals surface area contributed by atoms with Gasteiger partial charge in [0.15, 0.2) is 0 Å². The maximum atomic E-state index is 14.6. The van der Waals surface area contributed by atoms with Crippen molar-refractivity contribution >= 4 is 23.4 Å². The molecule has 3 amide bonds. The van der Waals surface area contributed by atoms with E-state index in [9.17, 15) is 18.8 Å². The Bertz CT molecular complexity index is 1170. The molecule has 2 fully saturated rings. The Morgan fingerprint density at radius 1 is 1.03 bits per heavy atom. The average molecular weight is 493 g/mol. The number of amides is 3. The van der Waals surface area contributed by atoms with Gasteiger partial charge >= 0.3 is 0 Å². The largest absolute Gasteiger partial charge is 0.369 e. The minimum absolute atomic E-state index is 0.0849. The number of piperazine rings is 1. The summed E-state index contributed by atoms with van der Waals surface area (Å²) in [5.74, 6) is -1.57. The van der Waals surface area contributed by atoms with E-state index in [0.29, 0.717) is 12.0 Å². The molecule has 3 heterocycles. The van der Waals surface area contributed by atoms with Crippen LogP contribution in [-0.2, 0) is 21.5 Å². The quantitative estimate of drug-likeness (QED) is 0.628. The van der Waals surface area contributed by atoms with E-state index >= 15 is 0 Å². The molecule has 3 aliphatic heterocycles. The normalized spacial score (nSPS) is 21.1. The minimum atomic E-state index is -0.705. The van der Waals surface area contributed by atoms with Crippen LogP contribution in [0, 0.1) is 5.82 Å². The Labute approximate surface area is 211 Å². The van der Waals surface area contributed by atoms with Crippen LogP contribution in [0.2, 0.25) is 0 Å². The van der Waals surface area contributed by atoms with Crippen molar-refractivity contribution in [2.24, 2.45) is 0 Å². The van der Waals surface area contributed by atoms with Gasteiger partial charge in [-0.15, -0.1) is 0 Å². The Morgan fingerprint density at radius 3 is 2.44 bits per heavy atom. The monoisotopic (exact) mass is 492 g/mol. The van der Waals surface area contributed by atoms with Crippen molar-refractivity contribution in [2.75, 3.05) is 37.6 Å². The highest BCUT2D eigenvalue weighted by Gasteiger charge is 2.41. The molecule has 190 valence electrons. The van der Waals surface area contributed by atoms with Gasteiger partial charge in [-0.1, -0.05) is 44.2 Å². The molecule has 2 saturated heterocycles. The van der Waals surface area contributed by atoms with Gasteiger partial charge in [0.05, 0.1) is 0 Å². The first-order chi connectivity index (χ1) is 17.2. The van der Waals surface area contributed by atoms with E-state index in [0.717, 1.165) is 50.4 Å². The van der Waals surface area contributed by atoms with Crippen molar-refractivity contribution in [3.8, 4) is 0 Å². The lowest BCUT2D eigenvalue weighted by Gasteiger charge is -2.38. The van der Waals surface area contributed by atoms with E-state index in [-0.39, 0.29) is 30.2 Å². The molecule has 0 saturated carbocycles. The van der Waals surface area contributed by atoms with Crippen molar-refractivity contribution in [3.63, 3.8) is 0 Å². The molecule has 36 heavy (non-hydrogen) atoms. The molecule has 0 spiro atoms. The molecule has 0 aliphatic carbocycles. The summed E-state index contributed by atoms with van der Waals surface area (Å²) in [5.41, 5.74) is 3.25. The zero-order valence-electron chi connectivity index (χ0n) is 20.9. The highest BCUT2D eigenvalue weighted by Crippen LogP contribution is 2.36. The number of anilines is 1. The number of nitrogens with zero attached hydrogens (tertiary/aromatic N) is 3. The third-order valence-electron chi connectivity index (χ3n) is 7.92. The fraction of sp³-hybridized carbons (Fsp3) is 0.464. The van der Waals surface area contributed by atoms with Crippen molar-refractivity contribution < 1.29 is 18.8 Å². The van der Waals surface area contributed by atoms with Crippen LogP contribution in [0.1, 0.15) is 54.6 Å². The lowest BCUT2D eigenvalue weighted by Crippen LogP contribution is -2.52. The van der Waals surface area contributed by atoms with E-state index in [1.54, 1.807) is 0 Å². The molecule has 3 aliphatic rings. The fourth-order valence-corrected chi connectivity index (χ4v) is 5.57. The van der Waals surface area contributed by atoms with E-state index in [4.69, 9.17) is 0 Å². The van der Waals surface area contributed by atoms with Crippen LogP contribution in [0.3, 0.4) is 0 Å². The number of halogens is 1. The Morgan fingerprint density at radius 2 is 1.75 bits per heavy atom. The maximum absolute atomic E-state index is 14.6. The van der Waals surface area contributed by atoms with Gasteiger partial charge in [0.1, 0.15) is 11.9 Å². The standard InChI is InChI=1S/C28H33FN4O3/c1-28(2,19-6-4-3-5-7-19)10-11-31-12-14-32(15-13-31)24-17-20(29)16-21-22(24)18-33(27(21)36)23-8-9-25(34)30-26(23)35/h3-7,16-17,23H,8-15,18H2,1-2H3,(H,30,34,35). The molecule has 0 radical (unpaired) electrons. The maximum Gasteiger partial charge on any atom is 0.255 e. The third kappa shape index (κ3) is 4.74. The lowest BCUT2D eigenvalue weighted by molar-refractivity contribution is -0.136.